The van der Waals surface area contributed by atoms with Crippen LogP contribution < -0.4 is 0 Å². The number of carbonyl (C=O) groups excluding carboxylic acids is 1. The number of hydrogen-bond donors (Lipinski definition) is 1. The quantitative estimate of drug-likeness (QED) is 0.893. The first-order chi connectivity index (χ1) is 12.2. The highest BCUT2D eigenvalue weighted by Gasteiger charge is 2.51. The molecule has 0 aliphatic carbocycles. The molecule has 5 heteroatoms. The molecule has 0 unspecified atom stereocenters. The molecule has 0 saturated carbocycles. The van der Waals surface area contributed by atoms with E-state index in [0.717, 1.165) is 45.4 Å². The van der Waals surface area contributed by atoms with Crippen molar-refractivity contribution >= 4 is 5.91 Å². The number of benzene rings is 1. The van der Waals surface area contributed by atoms with Crippen LogP contribution in [-0.2, 0) is 14.9 Å². The maximum Gasteiger partial charge on any atom is 0.251 e. The number of fused-ring (bicyclic) bond motifs is 1. The van der Waals surface area contributed by atoms with Gasteiger partial charge in [-0.05, 0) is 24.8 Å². The highest BCUT2D eigenvalue weighted by molar-refractivity contribution is 5.81. The number of carbonyl (C=O) groups is 1. The minimum absolute atomic E-state index is 0.101. The molecule has 0 bridgehead atoms. The van der Waals surface area contributed by atoms with E-state index in [-0.39, 0.29) is 24.0 Å². The van der Waals surface area contributed by atoms with Crippen molar-refractivity contribution in [1.29, 1.82) is 0 Å². The summed E-state index contributed by atoms with van der Waals surface area (Å²) in [6, 6.07) is 10.7. The number of amides is 1. The van der Waals surface area contributed by atoms with E-state index in [4.69, 9.17) is 4.74 Å². The molecule has 3 aliphatic heterocycles. The summed E-state index contributed by atoms with van der Waals surface area (Å²) in [5.74, 6) is 0.598. The molecule has 1 amide bonds. The SMILES string of the molecule is O=C([C@H]1CCCO1)N1CC[C@]2(c3ccccc3)CN(CCO)C[C@H]2C1. The summed E-state index contributed by atoms with van der Waals surface area (Å²) in [7, 11) is 0. The third kappa shape index (κ3) is 3.09. The molecule has 25 heavy (non-hydrogen) atoms. The minimum atomic E-state index is -0.223. The molecule has 0 radical (unpaired) electrons. The van der Waals surface area contributed by atoms with Crippen molar-refractivity contribution in [3.63, 3.8) is 0 Å². The lowest BCUT2D eigenvalue weighted by Gasteiger charge is -2.44. The van der Waals surface area contributed by atoms with Gasteiger partial charge in [0.05, 0.1) is 6.61 Å². The van der Waals surface area contributed by atoms with Gasteiger partial charge in [-0.15, -0.1) is 0 Å². The largest absolute Gasteiger partial charge is 0.395 e. The molecular weight excluding hydrogens is 316 g/mol. The molecule has 3 saturated heterocycles. The van der Waals surface area contributed by atoms with E-state index < -0.39 is 0 Å². The summed E-state index contributed by atoms with van der Waals surface area (Å²) in [6.45, 7) is 5.15. The molecule has 3 fully saturated rings. The molecule has 136 valence electrons. The summed E-state index contributed by atoms with van der Waals surface area (Å²) < 4.78 is 5.61. The smallest absolute Gasteiger partial charge is 0.251 e. The van der Waals surface area contributed by atoms with Gasteiger partial charge in [0.25, 0.3) is 5.91 Å². The molecule has 3 aliphatic rings. The van der Waals surface area contributed by atoms with Gasteiger partial charge in [0.1, 0.15) is 6.10 Å². The molecule has 5 nitrogen and oxygen atoms in total. The van der Waals surface area contributed by atoms with Crippen LogP contribution in [0.15, 0.2) is 30.3 Å². The van der Waals surface area contributed by atoms with Gasteiger partial charge >= 0.3 is 0 Å². The van der Waals surface area contributed by atoms with E-state index >= 15 is 0 Å². The van der Waals surface area contributed by atoms with Crippen LogP contribution in [0, 0.1) is 5.92 Å². The first-order valence-electron chi connectivity index (χ1n) is 9.52. The molecule has 4 rings (SSSR count). The van der Waals surface area contributed by atoms with E-state index in [1.807, 2.05) is 4.90 Å². The molecule has 3 atom stereocenters. The molecule has 0 aromatic heterocycles. The number of likely N-dealkylation sites (tertiary alicyclic amines) is 2. The Morgan fingerprint density at radius 1 is 1.28 bits per heavy atom. The maximum absolute atomic E-state index is 12.8. The molecule has 1 N–H and O–H groups in total. The number of aliphatic hydroxyl groups excluding tert-OH is 1. The normalized spacial score (nSPS) is 32.8. The zero-order valence-electron chi connectivity index (χ0n) is 14.8. The van der Waals surface area contributed by atoms with Crippen molar-refractivity contribution < 1.29 is 14.6 Å². The van der Waals surface area contributed by atoms with Gasteiger partial charge in [-0.2, -0.15) is 0 Å². The van der Waals surface area contributed by atoms with Crippen molar-refractivity contribution in [3.8, 4) is 0 Å². The summed E-state index contributed by atoms with van der Waals surface area (Å²) in [5.41, 5.74) is 1.48. The van der Waals surface area contributed by atoms with Crippen LogP contribution in [0.5, 0.6) is 0 Å². The number of β-amino-alcohol motifs (C(OH)–C–C–N with tert-alkyl or cyclic N) is 1. The van der Waals surface area contributed by atoms with E-state index in [9.17, 15) is 9.90 Å². The Balaban J connectivity index is 1.55. The second kappa shape index (κ2) is 7.06. The van der Waals surface area contributed by atoms with Crippen LogP contribution in [0.3, 0.4) is 0 Å². The van der Waals surface area contributed by atoms with Gasteiger partial charge in [-0.25, -0.2) is 0 Å². The predicted octanol–water partition coefficient (Wildman–Crippen LogP) is 1.26. The van der Waals surface area contributed by atoms with Gasteiger partial charge in [0, 0.05) is 50.7 Å². The highest BCUT2D eigenvalue weighted by atomic mass is 16.5. The summed E-state index contributed by atoms with van der Waals surface area (Å²) in [6.07, 6.45) is 2.62. The Labute approximate surface area is 149 Å². The number of nitrogens with zero attached hydrogens (tertiary/aromatic N) is 2. The van der Waals surface area contributed by atoms with Crippen LogP contribution in [0.1, 0.15) is 24.8 Å². The third-order valence-electron chi connectivity index (χ3n) is 6.32. The van der Waals surface area contributed by atoms with Crippen molar-refractivity contribution in [3.05, 3.63) is 35.9 Å². The Morgan fingerprint density at radius 2 is 2.12 bits per heavy atom. The third-order valence-corrected chi connectivity index (χ3v) is 6.32. The lowest BCUT2D eigenvalue weighted by molar-refractivity contribution is -0.143. The van der Waals surface area contributed by atoms with Crippen LogP contribution in [0.4, 0.5) is 0 Å². The topological polar surface area (TPSA) is 53.0 Å². The Hall–Kier alpha value is -1.43. The fourth-order valence-corrected chi connectivity index (χ4v) is 5.02. The fraction of sp³-hybridized carbons (Fsp3) is 0.650. The van der Waals surface area contributed by atoms with E-state index in [1.54, 1.807) is 0 Å². The predicted molar refractivity (Wildman–Crippen MR) is 95.3 cm³/mol. The Morgan fingerprint density at radius 3 is 2.84 bits per heavy atom. The van der Waals surface area contributed by atoms with Crippen molar-refractivity contribution in [2.75, 3.05) is 45.9 Å². The first-order valence-corrected chi connectivity index (χ1v) is 9.52. The van der Waals surface area contributed by atoms with Gasteiger partial charge in [-0.3, -0.25) is 9.69 Å². The fourth-order valence-electron chi connectivity index (χ4n) is 5.02. The average molecular weight is 344 g/mol. The van der Waals surface area contributed by atoms with E-state index in [0.29, 0.717) is 19.1 Å². The molecular formula is C20H28N2O3. The number of hydrogen-bond acceptors (Lipinski definition) is 4. The lowest BCUT2D eigenvalue weighted by Crippen LogP contribution is -2.53. The Bertz CT molecular complexity index is 602. The van der Waals surface area contributed by atoms with E-state index in [2.05, 4.69) is 35.2 Å². The van der Waals surface area contributed by atoms with Crippen LogP contribution in [0.2, 0.25) is 0 Å². The Kier molecular flexibility index (Phi) is 4.80. The van der Waals surface area contributed by atoms with Crippen molar-refractivity contribution in [2.24, 2.45) is 5.92 Å². The second-order valence-corrected chi connectivity index (χ2v) is 7.71. The standard InChI is InChI=1S/C20H28N2O3/c23-11-10-21-13-17-14-22(19(24)18-7-4-12-25-18)9-8-20(17,15-21)16-5-2-1-3-6-16/h1-3,5-6,17-18,23H,4,7-15H2/t17-,18+,20+/m0/s1. The highest BCUT2D eigenvalue weighted by Crippen LogP contribution is 2.45. The van der Waals surface area contributed by atoms with Gasteiger partial charge in [0.15, 0.2) is 0 Å². The number of rotatable bonds is 4. The number of piperidine rings is 1. The van der Waals surface area contributed by atoms with E-state index in [1.165, 1.54) is 5.56 Å². The molecule has 3 heterocycles. The number of aliphatic hydroxyl groups is 1. The van der Waals surface area contributed by atoms with Gasteiger partial charge < -0.3 is 14.7 Å². The van der Waals surface area contributed by atoms with Gasteiger partial charge in [0.2, 0.25) is 0 Å². The molecule has 1 aromatic carbocycles. The van der Waals surface area contributed by atoms with Crippen molar-refractivity contribution in [1.82, 2.24) is 9.80 Å². The molecule has 1 aromatic rings. The van der Waals surface area contributed by atoms with Crippen LogP contribution >= 0.6 is 0 Å². The summed E-state index contributed by atoms with van der Waals surface area (Å²) in [4.78, 5) is 17.2. The lowest BCUT2D eigenvalue weighted by atomic mass is 9.68. The van der Waals surface area contributed by atoms with Crippen LogP contribution in [0.25, 0.3) is 0 Å². The van der Waals surface area contributed by atoms with Crippen LogP contribution in [-0.4, -0.2) is 72.9 Å². The van der Waals surface area contributed by atoms with Gasteiger partial charge in [-0.1, -0.05) is 30.3 Å². The van der Waals surface area contributed by atoms with Crippen molar-refractivity contribution in [2.45, 2.75) is 30.8 Å². The summed E-state index contributed by atoms with van der Waals surface area (Å²) in [5, 5.41) is 9.38. The zero-order valence-corrected chi connectivity index (χ0v) is 14.8. The minimum Gasteiger partial charge on any atom is -0.395 e. The zero-order chi connectivity index (χ0) is 17.3. The maximum atomic E-state index is 12.8. The summed E-state index contributed by atoms with van der Waals surface area (Å²) >= 11 is 0. The average Bonchev–Trinajstić information content (AvgIpc) is 3.29. The first kappa shape index (κ1) is 17.0. The molecule has 0 spiro atoms. The number of ether oxygens (including phenoxy) is 1. The monoisotopic (exact) mass is 344 g/mol. The second-order valence-electron chi connectivity index (χ2n) is 7.71.